The van der Waals surface area contributed by atoms with Gasteiger partial charge in [-0.3, -0.25) is 9.79 Å². The highest BCUT2D eigenvalue weighted by atomic mass is 32.2. The third-order valence-corrected chi connectivity index (χ3v) is 6.61. The number of aryl methyl sites for hydroxylation is 1. The molecule has 32 heavy (non-hydrogen) atoms. The minimum absolute atomic E-state index is 0.114. The highest BCUT2D eigenvalue weighted by Gasteiger charge is 2.34. The first kappa shape index (κ1) is 22.4. The number of aliphatic imine (C=N–C) groups is 1. The number of ether oxygens (including phenoxy) is 1. The number of amidine groups is 1. The molecule has 0 spiro atoms. The van der Waals surface area contributed by atoms with Crippen LogP contribution in [0.15, 0.2) is 52.6 Å². The summed E-state index contributed by atoms with van der Waals surface area (Å²) in [6, 6.07) is 14.8. The van der Waals surface area contributed by atoms with Crippen LogP contribution in [0.3, 0.4) is 0 Å². The predicted molar refractivity (Wildman–Crippen MR) is 134 cm³/mol. The summed E-state index contributed by atoms with van der Waals surface area (Å²) < 4.78 is 4.96. The highest BCUT2D eigenvalue weighted by Crippen LogP contribution is 2.35. The van der Waals surface area contributed by atoms with Crippen molar-refractivity contribution < 1.29 is 9.53 Å². The van der Waals surface area contributed by atoms with Gasteiger partial charge in [-0.2, -0.15) is 5.10 Å². The van der Waals surface area contributed by atoms with Crippen molar-refractivity contribution in [1.82, 2.24) is 5.43 Å². The van der Waals surface area contributed by atoms with Crippen molar-refractivity contribution in [2.75, 3.05) is 18.6 Å². The first-order chi connectivity index (χ1) is 15.3. The van der Waals surface area contributed by atoms with Gasteiger partial charge >= 0.3 is 0 Å². The summed E-state index contributed by atoms with van der Waals surface area (Å²) in [4.78, 5) is 19.1. The summed E-state index contributed by atoms with van der Waals surface area (Å²) in [6.07, 6.45) is 2.05. The Balaban J connectivity index is 1.73. The van der Waals surface area contributed by atoms with Crippen LogP contribution in [0.4, 0.5) is 10.5 Å². The van der Waals surface area contributed by atoms with Gasteiger partial charge in [0, 0.05) is 23.8 Å². The molecule has 0 radical (unpaired) electrons. The average Bonchev–Trinajstić information content (AvgIpc) is 2.76. The van der Waals surface area contributed by atoms with Crippen LogP contribution in [0.1, 0.15) is 50.8 Å². The normalized spacial score (nSPS) is 18.2. The van der Waals surface area contributed by atoms with Gasteiger partial charge in [0.1, 0.15) is 11.6 Å². The summed E-state index contributed by atoms with van der Waals surface area (Å²) >= 11 is 1.28. The van der Waals surface area contributed by atoms with E-state index in [0.717, 1.165) is 47.8 Å². The molecule has 7 heteroatoms. The summed E-state index contributed by atoms with van der Waals surface area (Å²) in [5, 5.41) is 4.27. The number of rotatable bonds is 4. The van der Waals surface area contributed by atoms with Gasteiger partial charge in [0.25, 0.3) is 5.24 Å². The quantitative estimate of drug-likeness (QED) is 0.511. The Kier molecular flexibility index (Phi) is 6.29. The fourth-order valence-corrected chi connectivity index (χ4v) is 5.02. The second-order valence-corrected chi connectivity index (χ2v) is 10.4. The molecule has 0 saturated heterocycles. The molecule has 0 unspecified atom stereocenters. The average molecular weight is 451 g/mol. The van der Waals surface area contributed by atoms with E-state index < -0.39 is 0 Å². The van der Waals surface area contributed by atoms with Crippen molar-refractivity contribution >= 4 is 34.2 Å². The number of methoxy groups -OCH3 is 1. The second-order valence-electron chi connectivity index (χ2n) is 8.85. The minimum Gasteiger partial charge on any atom is -0.497 e. The lowest BCUT2D eigenvalue weighted by Crippen LogP contribution is -2.39. The summed E-state index contributed by atoms with van der Waals surface area (Å²) in [5.74, 6) is 1.82. The summed E-state index contributed by atoms with van der Waals surface area (Å²) in [7, 11) is 1.68. The minimum atomic E-state index is -0.377. The Morgan fingerprint density at radius 2 is 1.97 bits per heavy atom. The third-order valence-electron chi connectivity index (χ3n) is 5.63. The SMILES string of the molecule is COc1ccc(/C(=N/C(C)C)N2CCCc3cc(C4=NNC(=O)SC4(C)C)ccc32)cc1. The van der Waals surface area contributed by atoms with Crippen LogP contribution < -0.4 is 15.1 Å². The molecule has 1 amide bonds. The number of carbonyl (C=O) groups excluding carboxylic acids is 1. The molecule has 2 aliphatic rings. The maximum Gasteiger partial charge on any atom is 0.300 e. The zero-order chi connectivity index (χ0) is 22.9. The van der Waals surface area contributed by atoms with Crippen LogP contribution in [0.2, 0.25) is 0 Å². The van der Waals surface area contributed by atoms with E-state index in [4.69, 9.17) is 9.73 Å². The maximum absolute atomic E-state index is 11.8. The number of carbonyl (C=O) groups is 1. The lowest BCUT2D eigenvalue weighted by atomic mass is 9.93. The molecule has 2 aliphatic heterocycles. The molecular weight excluding hydrogens is 420 g/mol. The number of thioether (sulfide) groups is 1. The van der Waals surface area contributed by atoms with Gasteiger partial charge in [0.05, 0.1) is 17.6 Å². The Morgan fingerprint density at radius 3 is 2.62 bits per heavy atom. The number of hydrogen-bond acceptors (Lipinski definition) is 5. The molecule has 0 fully saturated rings. The van der Waals surface area contributed by atoms with Crippen LogP contribution >= 0.6 is 11.8 Å². The number of fused-ring (bicyclic) bond motifs is 1. The number of nitrogens with zero attached hydrogens (tertiary/aromatic N) is 3. The lowest BCUT2D eigenvalue weighted by Gasteiger charge is -2.34. The van der Waals surface area contributed by atoms with E-state index in [1.807, 2.05) is 26.0 Å². The number of amides is 1. The van der Waals surface area contributed by atoms with E-state index in [1.165, 1.54) is 23.0 Å². The topological polar surface area (TPSA) is 66.3 Å². The van der Waals surface area contributed by atoms with E-state index >= 15 is 0 Å². The first-order valence-electron chi connectivity index (χ1n) is 11.0. The van der Waals surface area contributed by atoms with Crippen molar-refractivity contribution in [3.63, 3.8) is 0 Å². The van der Waals surface area contributed by atoms with E-state index in [2.05, 4.69) is 59.6 Å². The van der Waals surface area contributed by atoms with E-state index in [0.29, 0.717) is 0 Å². The zero-order valence-electron chi connectivity index (χ0n) is 19.3. The van der Waals surface area contributed by atoms with Gasteiger partial charge in [-0.05, 0) is 88.1 Å². The molecule has 2 aromatic carbocycles. The first-order valence-corrected chi connectivity index (χ1v) is 11.8. The molecule has 1 N–H and O–H groups in total. The Hall–Kier alpha value is -2.80. The Morgan fingerprint density at radius 1 is 1.22 bits per heavy atom. The largest absolute Gasteiger partial charge is 0.497 e. The van der Waals surface area contributed by atoms with Crippen molar-refractivity contribution in [2.24, 2.45) is 10.1 Å². The Labute approximate surface area is 194 Å². The fourth-order valence-electron chi connectivity index (χ4n) is 4.20. The van der Waals surface area contributed by atoms with Gasteiger partial charge in [-0.1, -0.05) is 17.8 Å². The summed E-state index contributed by atoms with van der Waals surface area (Å²) in [5.41, 5.74) is 8.10. The van der Waals surface area contributed by atoms with Crippen molar-refractivity contribution in [3.8, 4) is 5.75 Å². The number of anilines is 1. The molecule has 4 rings (SSSR count). The van der Waals surface area contributed by atoms with Gasteiger partial charge in [-0.25, -0.2) is 5.43 Å². The van der Waals surface area contributed by atoms with Crippen LogP contribution in [0, 0.1) is 0 Å². The third kappa shape index (κ3) is 4.53. The molecular formula is C25H30N4O2S. The zero-order valence-corrected chi connectivity index (χ0v) is 20.1. The molecule has 2 aromatic rings. The van der Waals surface area contributed by atoms with E-state index in [-0.39, 0.29) is 16.0 Å². The predicted octanol–water partition coefficient (Wildman–Crippen LogP) is 5.24. The van der Waals surface area contributed by atoms with Gasteiger partial charge in [0.2, 0.25) is 0 Å². The fraction of sp³-hybridized carbons (Fsp3) is 0.400. The molecule has 0 aliphatic carbocycles. The monoisotopic (exact) mass is 450 g/mol. The maximum atomic E-state index is 11.8. The van der Waals surface area contributed by atoms with Crippen molar-refractivity contribution in [3.05, 3.63) is 59.2 Å². The number of hydrogen-bond donors (Lipinski definition) is 1. The molecule has 0 bridgehead atoms. The highest BCUT2D eigenvalue weighted by molar-refractivity contribution is 8.15. The number of hydrazone groups is 1. The molecule has 2 heterocycles. The van der Waals surface area contributed by atoms with Crippen LogP contribution in [-0.4, -0.2) is 41.2 Å². The molecule has 6 nitrogen and oxygen atoms in total. The molecule has 0 atom stereocenters. The van der Waals surface area contributed by atoms with E-state index in [9.17, 15) is 4.79 Å². The second kappa shape index (κ2) is 8.98. The molecule has 0 aromatic heterocycles. The van der Waals surface area contributed by atoms with Crippen LogP contribution in [0.25, 0.3) is 0 Å². The number of nitrogens with one attached hydrogen (secondary N) is 1. The van der Waals surface area contributed by atoms with Crippen molar-refractivity contribution in [1.29, 1.82) is 0 Å². The van der Waals surface area contributed by atoms with Crippen LogP contribution in [-0.2, 0) is 6.42 Å². The standard InChI is InChI=1S/C25H30N4O2S/c1-16(2)26-23(17-8-11-20(31-5)12-9-17)29-14-6-7-18-15-19(10-13-21(18)29)22-25(3,4)32-24(30)28-27-22/h8-13,15-16H,6-7,14H2,1-5H3,(H,28,30)/b26-23-. The van der Waals surface area contributed by atoms with Gasteiger partial charge in [0.15, 0.2) is 0 Å². The van der Waals surface area contributed by atoms with Gasteiger partial charge in [-0.15, -0.1) is 0 Å². The Bertz CT molecular complexity index is 1070. The van der Waals surface area contributed by atoms with Gasteiger partial charge < -0.3 is 9.64 Å². The van der Waals surface area contributed by atoms with E-state index in [1.54, 1.807) is 7.11 Å². The lowest BCUT2D eigenvalue weighted by molar-refractivity contribution is 0.260. The van der Waals surface area contributed by atoms with Crippen LogP contribution in [0.5, 0.6) is 5.75 Å². The number of benzene rings is 2. The smallest absolute Gasteiger partial charge is 0.300 e. The summed E-state index contributed by atoms with van der Waals surface area (Å²) in [6.45, 7) is 9.21. The molecule has 0 saturated carbocycles. The van der Waals surface area contributed by atoms with Crippen molar-refractivity contribution in [2.45, 2.75) is 51.3 Å². The molecule has 168 valence electrons.